The Kier molecular flexibility index (Phi) is 4.40. The quantitative estimate of drug-likeness (QED) is 0.859. The lowest BCUT2D eigenvalue weighted by molar-refractivity contribution is -0.143. The van der Waals surface area contributed by atoms with Gasteiger partial charge in [0.05, 0.1) is 17.9 Å². The summed E-state index contributed by atoms with van der Waals surface area (Å²) in [4.78, 5) is 40.1. The molecule has 3 atom stereocenters. The van der Waals surface area contributed by atoms with Crippen molar-refractivity contribution >= 4 is 29.2 Å². The lowest BCUT2D eigenvalue weighted by Gasteiger charge is -2.35. The molecule has 2 fully saturated rings. The molecule has 4 rings (SSSR count). The van der Waals surface area contributed by atoms with Gasteiger partial charge in [-0.25, -0.2) is 0 Å². The summed E-state index contributed by atoms with van der Waals surface area (Å²) in [5.41, 5.74) is 1.28. The zero-order valence-electron chi connectivity index (χ0n) is 14.6. The smallest absolute Gasteiger partial charge is 0.320 e. The number of rotatable bonds is 3. The first-order valence-corrected chi connectivity index (χ1v) is 9.22. The summed E-state index contributed by atoms with van der Waals surface area (Å²) in [6, 6.07) is 6.74. The van der Waals surface area contributed by atoms with E-state index >= 15 is 0 Å². The van der Waals surface area contributed by atoms with E-state index in [9.17, 15) is 19.5 Å². The molecular formula is C19H23N3O4. The predicted molar refractivity (Wildman–Crippen MR) is 95.9 cm³/mol. The van der Waals surface area contributed by atoms with E-state index in [4.69, 9.17) is 0 Å². The number of para-hydroxylation sites is 2. The number of nitrogens with one attached hydrogen (secondary N) is 1. The molecule has 0 radical (unpaired) electrons. The number of fused-ring (bicyclic) bond motifs is 2. The number of likely N-dealkylation sites (tertiary alicyclic amines) is 1. The van der Waals surface area contributed by atoms with Crippen molar-refractivity contribution in [2.75, 3.05) is 23.3 Å². The van der Waals surface area contributed by atoms with Crippen molar-refractivity contribution in [2.24, 2.45) is 5.92 Å². The van der Waals surface area contributed by atoms with Crippen LogP contribution in [-0.4, -0.2) is 53.0 Å². The highest BCUT2D eigenvalue weighted by atomic mass is 16.4. The third-order valence-electron chi connectivity index (χ3n) is 5.90. The molecule has 7 heteroatoms. The van der Waals surface area contributed by atoms with Crippen LogP contribution in [0.2, 0.25) is 0 Å². The van der Waals surface area contributed by atoms with Gasteiger partial charge in [-0.2, -0.15) is 0 Å². The fourth-order valence-corrected chi connectivity index (χ4v) is 4.72. The molecule has 1 aliphatic carbocycles. The molecule has 138 valence electrons. The van der Waals surface area contributed by atoms with E-state index in [-0.39, 0.29) is 30.9 Å². The Morgan fingerprint density at radius 1 is 1.19 bits per heavy atom. The Morgan fingerprint density at radius 2 is 1.96 bits per heavy atom. The third-order valence-corrected chi connectivity index (χ3v) is 5.90. The first-order chi connectivity index (χ1) is 12.5. The van der Waals surface area contributed by atoms with Gasteiger partial charge in [0.2, 0.25) is 11.8 Å². The van der Waals surface area contributed by atoms with Crippen LogP contribution < -0.4 is 10.2 Å². The number of aliphatic carboxylic acids is 1. The molecule has 2 aliphatic heterocycles. The minimum atomic E-state index is -0.857. The normalized spacial score (nSPS) is 28.2. The van der Waals surface area contributed by atoms with E-state index in [0.717, 1.165) is 25.7 Å². The topological polar surface area (TPSA) is 90.0 Å². The van der Waals surface area contributed by atoms with Crippen molar-refractivity contribution in [3.8, 4) is 0 Å². The maximum Gasteiger partial charge on any atom is 0.320 e. The number of anilines is 2. The van der Waals surface area contributed by atoms with Crippen LogP contribution in [0.1, 0.15) is 32.1 Å². The van der Waals surface area contributed by atoms with E-state index in [1.165, 1.54) is 4.90 Å². The number of hydrogen-bond acceptors (Lipinski definition) is 4. The highest BCUT2D eigenvalue weighted by Gasteiger charge is 2.46. The summed E-state index contributed by atoms with van der Waals surface area (Å²) in [6.07, 6.45) is 4.80. The number of hydrogen-bond donors (Lipinski definition) is 2. The zero-order chi connectivity index (χ0) is 18.3. The van der Waals surface area contributed by atoms with Crippen molar-refractivity contribution in [1.29, 1.82) is 0 Å². The molecule has 0 aromatic heterocycles. The van der Waals surface area contributed by atoms with Gasteiger partial charge in [0.1, 0.15) is 12.6 Å². The van der Waals surface area contributed by atoms with Gasteiger partial charge in [0.15, 0.2) is 0 Å². The van der Waals surface area contributed by atoms with Crippen LogP contribution >= 0.6 is 0 Å². The number of carbonyl (C=O) groups excluding carboxylic acids is 2. The highest BCUT2D eigenvalue weighted by Crippen LogP contribution is 2.40. The Hall–Kier alpha value is -2.41. The molecule has 2 N–H and O–H groups in total. The van der Waals surface area contributed by atoms with Crippen LogP contribution in [0.25, 0.3) is 0 Å². The van der Waals surface area contributed by atoms with Gasteiger partial charge in [0.25, 0.3) is 0 Å². The molecule has 3 unspecified atom stereocenters. The minimum Gasteiger partial charge on any atom is -0.480 e. The lowest BCUT2D eigenvalue weighted by atomic mass is 9.85. The summed E-state index contributed by atoms with van der Waals surface area (Å²) < 4.78 is 0. The fraction of sp³-hybridized carbons (Fsp3) is 0.526. The van der Waals surface area contributed by atoms with E-state index in [0.29, 0.717) is 23.7 Å². The van der Waals surface area contributed by atoms with Crippen LogP contribution in [0.15, 0.2) is 24.3 Å². The van der Waals surface area contributed by atoms with Gasteiger partial charge in [0, 0.05) is 6.04 Å². The lowest BCUT2D eigenvalue weighted by Crippen LogP contribution is -2.51. The molecule has 3 aliphatic rings. The van der Waals surface area contributed by atoms with Crippen molar-refractivity contribution < 1.29 is 19.5 Å². The highest BCUT2D eigenvalue weighted by molar-refractivity contribution is 6.10. The summed E-state index contributed by atoms with van der Waals surface area (Å²) in [6.45, 7) is 0.00919. The summed E-state index contributed by atoms with van der Waals surface area (Å²) in [5.74, 6) is -0.952. The molecule has 1 aromatic rings. The number of carboxylic acid groups (broad SMARTS) is 1. The Labute approximate surface area is 152 Å². The van der Waals surface area contributed by atoms with Gasteiger partial charge in [-0.15, -0.1) is 0 Å². The number of carbonyl (C=O) groups is 3. The molecular weight excluding hydrogens is 334 g/mol. The van der Waals surface area contributed by atoms with Crippen LogP contribution in [-0.2, 0) is 14.4 Å². The van der Waals surface area contributed by atoms with Gasteiger partial charge in [-0.3, -0.25) is 24.2 Å². The second-order valence-corrected chi connectivity index (χ2v) is 7.42. The fourth-order valence-electron chi connectivity index (χ4n) is 4.72. The summed E-state index contributed by atoms with van der Waals surface area (Å²) in [7, 11) is 0. The van der Waals surface area contributed by atoms with Crippen molar-refractivity contribution in [1.82, 2.24) is 4.90 Å². The van der Waals surface area contributed by atoms with Gasteiger partial charge >= 0.3 is 5.97 Å². The third kappa shape index (κ3) is 2.96. The van der Waals surface area contributed by atoms with Gasteiger partial charge < -0.3 is 10.4 Å². The van der Waals surface area contributed by atoms with Crippen LogP contribution in [0.5, 0.6) is 0 Å². The second kappa shape index (κ2) is 6.72. The molecule has 0 spiro atoms. The summed E-state index contributed by atoms with van der Waals surface area (Å²) >= 11 is 0. The number of benzene rings is 1. The summed E-state index contributed by atoms with van der Waals surface area (Å²) in [5, 5.41) is 12.4. The SMILES string of the molecule is O=C1CN(C(=O)CN2C(C(=O)O)CC3CCCCC32)c2ccccc2N1. The van der Waals surface area contributed by atoms with Crippen molar-refractivity contribution in [3.63, 3.8) is 0 Å². The molecule has 7 nitrogen and oxygen atoms in total. The molecule has 26 heavy (non-hydrogen) atoms. The molecule has 2 heterocycles. The second-order valence-electron chi connectivity index (χ2n) is 7.42. The maximum absolute atomic E-state index is 13.0. The average Bonchev–Trinajstić information content (AvgIpc) is 3.00. The zero-order valence-corrected chi connectivity index (χ0v) is 14.6. The number of nitrogens with zero attached hydrogens (tertiary/aromatic N) is 2. The molecule has 1 saturated heterocycles. The van der Waals surface area contributed by atoms with Gasteiger partial charge in [-0.05, 0) is 37.3 Å². The standard InChI is InChI=1S/C19H23N3O4/c23-17-10-22(15-8-4-2-6-13(15)20-17)18(24)11-21-14-7-3-1-5-12(14)9-16(21)19(25)26/h2,4,6,8,12,14,16H,1,3,5,7,9-11H2,(H,20,23)(H,25,26). The molecule has 0 bridgehead atoms. The maximum atomic E-state index is 13.0. The first kappa shape index (κ1) is 17.0. The Bertz CT molecular complexity index is 750. The molecule has 1 aromatic carbocycles. The Morgan fingerprint density at radius 3 is 2.77 bits per heavy atom. The first-order valence-electron chi connectivity index (χ1n) is 9.22. The largest absolute Gasteiger partial charge is 0.480 e. The van der Waals surface area contributed by atoms with E-state index in [2.05, 4.69) is 5.32 Å². The predicted octanol–water partition coefficient (Wildman–Crippen LogP) is 1.69. The van der Waals surface area contributed by atoms with Crippen LogP contribution in [0, 0.1) is 5.92 Å². The van der Waals surface area contributed by atoms with Gasteiger partial charge in [-0.1, -0.05) is 25.0 Å². The molecule has 1 saturated carbocycles. The Balaban J connectivity index is 1.57. The van der Waals surface area contributed by atoms with Crippen molar-refractivity contribution in [2.45, 2.75) is 44.2 Å². The number of carboxylic acids is 1. The monoisotopic (exact) mass is 357 g/mol. The van der Waals surface area contributed by atoms with Crippen LogP contribution in [0.4, 0.5) is 11.4 Å². The number of amides is 2. The average molecular weight is 357 g/mol. The van der Waals surface area contributed by atoms with E-state index < -0.39 is 12.0 Å². The minimum absolute atomic E-state index is 0.0322. The molecule has 2 amide bonds. The van der Waals surface area contributed by atoms with E-state index in [1.54, 1.807) is 18.2 Å². The van der Waals surface area contributed by atoms with Crippen molar-refractivity contribution in [3.05, 3.63) is 24.3 Å². The van der Waals surface area contributed by atoms with Crippen LogP contribution in [0.3, 0.4) is 0 Å². The van der Waals surface area contributed by atoms with E-state index in [1.807, 2.05) is 11.0 Å².